The van der Waals surface area contributed by atoms with Crippen LogP contribution in [0.3, 0.4) is 0 Å². The molecular weight excluding hydrogens is 394 g/mol. The Balaban J connectivity index is 1.20. The van der Waals surface area contributed by atoms with Gasteiger partial charge >= 0.3 is 0 Å². The number of fused-ring (bicyclic) bond motifs is 1. The van der Waals surface area contributed by atoms with Crippen molar-refractivity contribution in [2.45, 2.75) is 32.4 Å². The summed E-state index contributed by atoms with van der Waals surface area (Å²) in [5, 5.41) is 1.20. The van der Waals surface area contributed by atoms with Gasteiger partial charge in [0.05, 0.1) is 5.52 Å². The minimum atomic E-state index is 0.117. The van der Waals surface area contributed by atoms with Crippen molar-refractivity contribution in [3.05, 3.63) is 90.1 Å². The van der Waals surface area contributed by atoms with E-state index >= 15 is 0 Å². The highest BCUT2D eigenvalue weighted by Gasteiger charge is 2.34. The van der Waals surface area contributed by atoms with Crippen LogP contribution in [0.4, 0.5) is 0 Å². The number of hydrogen-bond donors (Lipinski definition) is 0. The second-order valence-corrected chi connectivity index (χ2v) is 9.16. The summed E-state index contributed by atoms with van der Waals surface area (Å²) >= 11 is 0. The van der Waals surface area contributed by atoms with Gasteiger partial charge in [0.15, 0.2) is 0 Å². The summed E-state index contributed by atoms with van der Waals surface area (Å²) in [7, 11) is 0. The molecule has 0 bridgehead atoms. The lowest BCUT2D eigenvalue weighted by Crippen LogP contribution is -2.42. The van der Waals surface area contributed by atoms with E-state index in [9.17, 15) is 4.79 Å². The molecule has 4 heteroatoms. The first-order chi connectivity index (χ1) is 15.8. The molecule has 4 nitrogen and oxygen atoms in total. The molecule has 1 atom stereocenters. The van der Waals surface area contributed by atoms with Crippen LogP contribution >= 0.6 is 0 Å². The minimum absolute atomic E-state index is 0.117. The number of amides is 1. The van der Waals surface area contributed by atoms with Gasteiger partial charge in [0.2, 0.25) is 5.91 Å². The standard InChI is InChI=1S/C28H31N3O/c32-28-26(10-4-5-16-31(28)21-22-7-2-1-3-8-22)24-13-17-30(18-14-24)20-23-11-12-27-25(19-23)9-6-15-29-27/h1-9,11-12,15,19,24,26H,10,13-14,16-18,20-21H2/t26-/m0/s1. The Kier molecular flexibility index (Phi) is 6.31. The highest BCUT2D eigenvalue weighted by molar-refractivity contribution is 5.80. The first kappa shape index (κ1) is 20.9. The SMILES string of the molecule is O=C1[C@H](C2CCN(Cc3ccc4ncccc4c3)CC2)CC=CCN1Cc1ccccc1. The molecule has 1 saturated heterocycles. The number of pyridine rings is 1. The fourth-order valence-electron chi connectivity index (χ4n) is 5.21. The summed E-state index contributed by atoms with van der Waals surface area (Å²) in [5.74, 6) is 0.922. The van der Waals surface area contributed by atoms with Gasteiger partial charge in [-0.3, -0.25) is 14.7 Å². The van der Waals surface area contributed by atoms with Crippen LogP contribution in [0.25, 0.3) is 10.9 Å². The average Bonchev–Trinajstić information content (AvgIpc) is 3.02. The third-order valence-electron chi connectivity index (χ3n) is 7.00. The number of aromatic nitrogens is 1. The van der Waals surface area contributed by atoms with Crippen molar-refractivity contribution >= 4 is 16.8 Å². The predicted molar refractivity (Wildman–Crippen MR) is 129 cm³/mol. The molecule has 2 aliphatic heterocycles. The Labute approximate surface area is 190 Å². The van der Waals surface area contributed by atoms with Crippen LogP contribution in [0.1, 0.15) is 30.4 Å². The molecular formula is C28H31N3O. The van der Waals surface area contributed by atoms with Crippen LogP contribution in [-0.4, -0.2) is 40.3 Å². The molecule has 3 heterocycles. The van der Waals surface area contributed by atoms with Crippen LogP contribution in [0.5, 0.6) is 0 Å². The van der Waals surface area contributed by atoms with Crippen molar-refractivity contribution in [1.82, 2.24) is 14.8 Å². The highest BCUT2D eigenvalue weighted by atomic mass is 16.2. The van der Waals surface area contributed by atoms with E-state index in [4.69, 9.17) is 0 Å². The molecule has 164 valence electrons. The van der Waals surface area contributed by atoms with Gasteiger partial charge in [0.1, 0.15) is 0 Å². The van der Waals surface area contributed by atoms with E-state index in [1.54, 1.807) is 0 Å². The van der Waals surface area contributed by atoms with Crippen molar-refractivity contribution in [2.75, 3.05) is 19.6 Å². The molecule has 1 fully saturated rings. The van der Waals surface area contributed by atoms with Crippen LogP contribution < -0.4 is 0 Å². The number of allylic oxidation sites excluding steroid dienone is 1. The van der Waals surface area contributed by atoms with Gasteiger partial charge in [-0.15, -0.1) is 0 Å². The quantitative estimate of drug-likeness (QED) is 0.537. The molecule has 1 amide bonds. The molecule has 3 aromatic rings. The fraction of sp³-hybridized carbons (Fsp3) is 0.357. The summed E-state index contributed by atoms with van der Waals surface area (Å²) in [5.41, 5.74) is 3.59. The van der Waals surface area contributed by atoms with Gasteiger partial charge in [-0.1, -0.05) is 54.6 Å². The molecule has 1 aromatic heterocycles. The molecule has 2 aliphatic rings. The van der Waals surface area contributed by atoms with Crippen LogP contribution in [0, 0.1) is 11.8 Å². The largest absolute Gasteiger partial charge is 0.334 e. The lowest BCUT2D eigenvalue weighted by Gasteiger charge is -2.36. The first-order valence-corrected chi connectivity index (χ1v) is 11.8. The van der Waals surface area contributed by atoms with Crippen molar-refractivity contribution in [2.24, 2.45) is 11.8 Å². The number of carbonyl (C=O) groups excluding carboxylic acids is 1. The Morgan fingerprint density at radius 1 is 0.875 bits per heavy atom. The van der Waals surface area contributed by atoms with E-state index in [0.717, 1.165) is 51.0 Å². The maximum Gasteiger partial charge on any atom is 0.226 e. The molecule has 0 saturated carbocycles. The lowest BCUT2D eigenvalue weighted by atomic mass is 9.81. The van der Waals surface area contributed by atoms with Gasteiger partial charge in [0, 0.05) is 37.1 Å². The molecule has 5 rings (SSSR count). The predicted octanol–water partition coefficient (Wildman–Crippen LogP) is 5.05. The number of benzene rings is 2. The van der Waals surface area contributed by atoms with Crippen molar-refractivity contribution in [3.63, 3.8) is 0 Å². The Bertz CT molecular complexity index is 1090. The number of piperidine rings is 1. The monoisotopic (exact) mass is 425 g/mol. The highest BCUT2D eigenvalue weighted by Crippen LogP contribution is 2.31. The molecule has 2 aromatic carbocycles. The molecule has 0 radical (unpaired) electrons. The van der Waals surface area contributed by atoms with E-state index in [2.05, 4.69) is 58.4 Å². The van der Waals surface area contributed by atoms with Gasteiger partial charge in [-0.2, -0.15) is 0 Å². The Morgan fingerprint density at radius 3 is 2.56 bits per heavy atom. The lowest BCUT2D eigenvalue weighted by molar-refractivity contribution is -0.137. The normalized spacial score (nSPS) is 20.6. The smallest absolute Gasteiger partial charge is 0.226 e. The number of hydrogen-bond acceptors (Lipinski definition) is 3. The molecule has 0 aliphatic carbocycles. The van der Waals surface area contributed by atoms with Crippen LogP contribution in [-0.2, 0) is 17.9 Å². The van der Waals surface area contributed by atoms with Crippen LogP contribution in [0.2, 0.25) is 0 Å². The number of carbonyl (C=O) groups is 1. The maximum absolute atomic E-state index is 13.4. The fourth-order valence-corrected chi connectivity index (χ4v) is 5.21. The Morgan fingerprint density at radius 2 is 1.72 bits per heavy atom. The van der Waals surface area contributed by atoms with E-state index < -0.39 is 0 Å². The number of nitrogens with zero attached hydrogens (tertiary/aromatic N) is 3. The summed E-state index contributed by atoms with van der Waals surface area (Å²) in [6, 6.07) is 21.0. The Hall–Kier alpha value is -2.98. The van der Waals surface area contributed by atoms with Crippen molar-refractivity contribution in [1.29, 1.82) is 0 Å². The van der Waals surface area contributed by atoms with E-state index in [0.29, 0.717) is 18.4 Å². The molecule has 0 spiro atoms. The van der Waals surface area contributed by atoms with E-state index in [1.807, 2.05) is 35.4 Å². The van der Waals surface area contributed by atoms with Gasteiger partial charge in [-0.05, 0) is 67.6 Å². The summed E-state index contributed by atoms with van der Waals surface area (Å²) < 4.78 is 0. The summed E-state index contributed by atoms with van der Waals surface area (Å²) in [6.45, 7) is 4.51. The third-order valence-corrected chi connectivity index (χ3v) is 7.00. The zero-order valence-corrected chi connectivity index (χ0v) is 18.6. The minimum Gasteiger partial charge on any atom is -0.334 e. The summed E-state index contributed by atoms with van der Waals surface area (Å²) in [4.78, 5) is 22.4. The third kappa shape index (κ3) is 4.76. The number of rotatable bonds is 5. The first-order valence-electron chi connectivity index (χ1n) is 11.8. The molecule has 32 heavy (non-hydrogen) atoms. The average molecular weight is 426 g/mol. The zero-order chi connectivity index (χ0) is 21.8. The van der Waals surface area contributed by atoms with E-state index in [1.165, 1.54) is 16.5 Å². The molecule has 0 N–H and O–H groups in total. The van der Waals surface area contributed by atoms with Crippen molar-refractivity contribution < 1.29 is 4.79 Å². The van der Waals surface area contributed by atoms with Crippen molar-refractivity contribution in [3.8, 4) is 0 Å². The van der Waals surface area contributed by atoms with Gasteiger partial charge in [-0.25, -0.2) is 0 Å². The van der Waals surface area contributed by atoms with Gasteiger partial charge in [0.25, 0.3) is 0 Å². The topological polar surface area (TPSA) is 36.4 Å². The van der Waals surface area contributed by atoms with E-state index in [-0.39, 0.29) is 5.92 Å². The zero-order valence-electron chi connectivity index (χ0n) is 18.6. The van der Waals surface area contributed by atoms with Crippen LogP contribution in [0.15, 0.2) is 79.0 Å². The maximum atomic E-state index is 13.4. The summed E-state index contributed by atoms with van der Waals surface area (Å²) in [6.07, 6.45) is 9.31. The molecule has 0 unspecified atom stereocenters. The number of likely N-dealkylation sites (tertiary alicyclic amines) is 1. The second-order valence-electron chi connectivity index (χ2n) is 9.16. The van der Waals surface area contributed by atoms with Gasteiger partial charge < -0.3 is 4.90 Å². The second kappa shape index (κ2) is 9.66.